The number of aromatic nitrogens is 3. The van der Waals surface area contributed by atoms with E-state index in [4.69, 9.17) is 4.74 Å². The molecule has 1 atom stereocenters. The fourth-order valence-electron chi connectivity index (χ4n) is 5.62. The maximum absolute atomic E-state index is 13.2. The third-order valence-corrected chi connectivity index (χ3v) is 7.89. The van der Waals surface area contributed by atoms with Crippen molar-refractivity contribution in [3.63, 3.8) is 0 Å². The number of methoxy groups -OCH3 is 1. The Morgan fingerprint density at radius 2 is 2.05 bits per heavy atom. The second-order valence-electron chi connectivity index (χ2n) is 11.4. The number of amides is 2. The minimum absolute atomic E-state index is 0.0176. The summed E-state index contributed by atoms with van der Waals surface area (Å²) in [5.74, 6) is 0.993. The van der Waals surface area contributed by atoms with Crippen LogP contribution in [0.2, 0.25) is 0 Å². The first-order valence-electron chi connectivity index (χ1n) is 13.2. The molecule has 39 heavy (non-hydrogen) atoms. The molecule has 3 aliphatic rings. The van der Waals surface area contributed by atoms with Crippen LogP contribution in [0.3, 0.4) is 0 Å². The van der Waals surface area contributed by atoms with Gasteiger partial charge in [0.25, 0.3) is 0 Å². The van der Waals surface area contributed by atoms with Gasteiger partial charge in [-0.1, -0.05) is 6.92 Å². The zero-order valence-electron chi connectivity index (χ0n) is 22.7. The van der Waals surface area contributed by atoms with Crippen LogP contribution in [0.4, 0.5) is 23.7 Å². The smallest absolute Gasteiger partial charge is 0.375 e. The molecule has 1 aliphatic carbocycles. The molecule has 0 radical (unpaired) electrons. The number of anilines is 1. The Labute approximate surface area is 225 Å². The molecule has 0 aromatic carbocycles. The van der Waals surface area contributed by atoms with Crippen LogP contribution in [0, 0.1) is 5.92 Å². The van der Waals surface area contributed by atoms with Crippen molar-refractivity contribution in [3.05, 3.63) is 30.1 Å². The highest BCUT2D eigenvalue weighted by Crippen LogP contribution is 2.50. The molecule has 1 spiro atoms. The van der Waals surface area contributed by atoms with Gasteiger partial charge in [-0.05, 0) is 50.7 Å². The quantitative estimate of drug-likeness (QED) is 0.320. The van der Waals surface area contributed by atoms with E-state index in [1.807, 2.05) is 16.7 Å². The lowest BCUT2D eigenvalue weighted by Gasteiger charge is -2.48. The first-order chi connectivity index (χ1) is 18.4. The molecule has 13 heteroatoms. The highest BCUT2D eigenvalue weighted by molar-refractivity contribution is 5.99. The number of pyridine rings is 1. The summed E-state index contributed by atoms with van der Waals surface area (Å²) in [6.45, 7) is 4.70. The lowest BCUT2D eigenvalue weighted by Crippen LogP contribution is -2.63. The number of piperidine rings is 1. The number of alkyl halides is 3. The van der Waals surface area contributed by atoms with Gasteiger partial charge in [0.05, 0.1) is 36.3 Å². The highest BCUT2D eigenvalue weighted by atomic mass is 19.4. The first-order valence-corrected chi connectivity index (χ1v) is 13.2. The van der Waals surface area contributed by atoms with Crippen LogP contribution < -0.4 is 5.32 Å². The molecule has 2 N–H and O–H groups in total. The van der Waals surface area contributed by atoms with Gasteiger partial charge in [-0.25, -0.2) is 4.79 Å². The molecule has 2 aliphatic heterocycles. The van der Waals surface area contributed by atoms with Crippen molar-refractivity contribution in [1.29, 1.82) is 0 Å². The lowest BCUT2D eigenvalue weighted by molar-refractivity contribution is -0.143. The van der Waals surface area contributed by atoms with Crippen LogP contribution in [0.5, 0.6) is 0 Å². The van der Waals surface area contributed by atoms with E-state index in [0.29, 0.717) is 47.5 Å². The molecule has 4 heterocycles. The first kappa shape index (κ1) is 27.2. The number of hydrazone groups is 1. The summed E-state index contributed by atoms with van der Waals surface area (Å²) >= 11 is 0. The number of ether oxygens (including phenoxy) is 1. The van der Waals surface area contributed by atoms with Gasteiger partial charge < -0.3 is 19.9 Å². The number of hydrogen-bond donors (Lipinski definition) is 2. The van der Waals surface area contributed by atoms with Crippen LogP contribution in [0.15, 0.2) is 29.6 Å². The van der Waals surface area contributed by atoms with E-state index >= 15 is 0 Å². The summed E-state index contributed by atoms with van der Waals surface area (Å²) in [6, 6.07) is 3.35. The largest absolute Gasteiger partial charge is 0.407 e. The second kappa shape index (κ2) is 10.00. The normalized spacial score (nSPS) is 22.0. The van der Waals surface area contributed by atoms with Crippen LogP contribution in [0.25, 0.3) is 11.4 Å². The number of rotatable bonds is 6. The molecule has 212 valence electrons. The van der Waals surface area contributed by atoms with Crippen LogP contribution in [-0.2, 0) is 4.74 Å². The number of nitrogens with zero attached hydrogens (tertiary/aromatic N) is 6. The monoisotopic (exact) mass is 548 g/mol. The number of aromatic amines is 1. The van der Waals surface area contributed by atoms with Crippen molar-refractivity contribution in [2.24, 2.45) is 11.0 Å². The Morgan fingerprint density at radius 3 is 2.67 bits per heavy atom. The number of carbonyl (C=O) groups excluding carboxylic acids is 1. The van der Waals surface area contributed by atoms with E-state index in [2.05, 4.69) is 32.5 Å². The fraction of sp³-hybridized carbons (Fsp3) is 0.615. The van der Waals surface area contributed by atoms with Gasteiger partial charge in [-0.15, -0.1) is 0 Å². The maximum Gasteiger partial charge on any atom is 0.407 e. The third-order valence-electron chi connectivity index (χ3n) is 7.89. The van der Waals surface area contributed by atoms with Gasteiger partial charge in [0.2, 0.25) is 0 Å². The average molecular weight is 549 g/mol. The van der Waals surface area contributed by atoms with E-state index in [0.717, 1.165) is 37.2 Å². The van der Waals surface area contributed by atoms with Gasteiger partial charge in [-0.2, -0.15) is 23.4 Å². The summed E-state index contributed by atoms with van der Waals surface area (Å²) < 4.78 is 44.4. The number of urea groups is 1. The number of hydrogen-bond acceptors (Lipinski definition) is 6. The standard InChI is InChI=1S/C26H35F3N8O2/c1-17-7-10-37(25(11-17)8-9-25)23(38)32-20-13-31-33-21(20)19-6-5-18(12-30-19)22(34-35(3)16-26(27,28)29)36-14-24(2,15-36)39-4/h5-6,12-13,17H,7-11,14-16H2,1-4H3,(H,31,33)(H,32,38)/b34-22+. The maximum atomic E-state index is 13.2. The van der Waals surface area contributed by atoms with Crippen molar-refractivity contribution in [2.75, 3.05) is 45.7 Å². The number of nitrogens with one attached hydrogen (secondary N) is 2. The summed E-state index contributed by atoms with van der Waals surface area (Å²) in [7, 11) is 2.90. The van der Waals surface area contributed by atoms with E-state index < -0.39 is 18.3 Å². The molecule has 2 aromatic rings. The molecule has 10 nitrogen and oxygen atoms in total. The average Bonchev–Trinajstić information content (AvgIpc) is 3.44. The Balaban J connectivity index is 1.33. The van der Waals surface area contributed by atoms with E-state index in [9.17, 15) is 18.0 Å². The van der Waals surface area contributed by atoms with Crippen LogP contribution >= 0.6 is 0 Å². The second-order valence-corrected chi connectivity index (χ2v) is 11.4. The predicted molar refractivity (Wildman–Crippen MR) is 140 cm³/mol. The van der Waals surface area contributed by atoms with E-state index in [1.165, 1.54) is 7.05 Å². The van der Waals surface area contributed by atoms with Crippen molar-refractivity contribution in [3.8, 4) is 11.4 Å². The number of amidine groups is 1. The zero-order chi connectivity index (χ0) is 28.0. The van der Waals surface area contributed by atoms with Crippen molar-refractivity contribution >= 4 is 17.6 Å². The van der Waals surface area contributed by atoms with Gasteiger partial charge in [0, 0.05) is 38.0 Å². The van der Waals surface area contributed by atoms with Gasteiger partial charge in [-0.3, -0.25) is 15.1 Å². The summed E-state index contributed by atoms with van der Waals surface area (Å²) in [5.41, 5.74) is 1.75. The minimum Gasteiger partial charge on any atom is -0.375 e. The molecular formula is C26H35F3N8O2. The highest BCUT2D eigenvalue weighted by Gasteiger charge is 2.52. The molecule has 2 saturated heterocycles. The number of likely N-dealkylation sites (tertiary alicyclic amines) is 2. The van der Waals surface area contributed by atoms with Crippen molar-refractivity contribution < 1.29 is 22.7 Å². The number of carbonyl (C=O) groups is 1. The fourth-order valence-corrected chi connectivity index (χ4v) is 5.62. The Bertz CT molecular complexity index is 1220. The summed E-state index contributed by atoms with van der Waals surface area (Å²) in [6.07, 6.45) is 2.83. The van der Waals surface area contributed by atoms with Crippen molar-refractivity contribution in [2.45, 2.75) is 56.8 Å². The molecule has 2 amide bonds. The summed E-state index contributed by atoms with van der Waals surface area (Å²) in [4.78, 5) is 21.5. The number of halogens is 3. The molecule has 1 saturated carbocycles. The van der Waals surface area contributed by atoms with E-state index in [-0.39, 0.29) is 11.6 Å². The Kier molecular flexibility index (Phi) is 6.98. The van der Waals surface area contributed by atoms with Crippen LogP contribution in [0.1, 0.15) is 45.1 Å². The minimum atomic E-state index is -4.38. The number of H-pyrrole nitrogens is 1. The molecule has 5 rings (SSSR count). The molecule has 0 bridgehead atoms. The van der Waals surface area contributed by atoms with Crippen LogP contribution in [-0.4, -0.2) is 99.5 Å². The molecule has 3 fully saturated rings. The van der Waals surface area contributed by atoms with Gasteiger partial charge in [0.1, 0.15) is 12.2 Å². The zero-order valence-corrected chi connectivity index (χ0v) is 22.7. The van der Waals surface area contributed by atoms with Crippen molar-refractivity contribution in [1.82, 2.24) is 30.0 Å². The topological polar surface area (TPSA) is 102 Å². The molecule has 1 unspecified atom stereocenters. The lowest BCUT2D eigenvalue weighted by atomic mass is 9.91. The predicted octanol–water partition coefficient (Wildman–Crippen LogP) is 4.14. The Morgan fingerprint density at radius 1 is 1.31 bits per heavy atom. The Hall–Kier alpha value is -3.35. The molecular weight excluding hydrogens is 513 g/mol. The third kappa shape index (κ3) is 5.82. The molecule has 2 aromatic heterocycles. The van der Waals surface area contributed by atoms with Gasteiger partial charge >= 0.3 is 12.2 Å². The van der Waals surface area contributed by atoms with Gasteiger partial charge in [0.15, 0.2) is 5.84 Å². The summed E-state index contributed by atoms with van der Waals surface area (Å²) in [5, 5.41) is 15.2. The van der Waals surface area contributed by atoms with E-state index in [1.54, 1.807) is 31.6 Å². The SMILES string of the molecule is COC1(C)CN(/C(=N/N(C)CC(F)(F)F)c2ccc(-c3[nH]ncc3NC(=O)N3CCC(C)CC34CC4)nc2)C1.